The third-order valence-electron chi connectivity index (χ3n) is 2.68. The Morgan fingerprint density at radius 2 is 2.06 bits per heavy atom. The Labute approximate surface area is 109 Å². The fraction of sp³-hybridized carbons (Fsp3) is 0.250. The van der Waals surface area contributed by atoms with Gasteiger partial charge in [0.15, 0.2) is 5.11 Å². The van der Waals surface area contributed by atoms with Crippen molar-refractivity contribution in [2.45, 2.75) is 18.9 Å². The lowest BCUT2D eigenvalue weighted by atomic mass is 10.1. The lowest BCUT2D eigenvalue weighted by molar-refractivity contribution is -0.137. The van der Waals surface area contributed by atoms with Gasteiger partial charge in [-0.1, -0.05) is 18.2 Å². The van der Waals surface area contributed by atoms with Crippen molar-refractivity contribution < 1.29 is 14.7 Å². The molecule has 18 heavy (non-hydrogen) atoms. The molecule has 0 aliphatic carbocycles. The zero-order valence-electron chi connectivity index (χ0n) is 9.50. The molecule has 0 saturated carbocycles. The second-order valence-electron chi connectivity index (χ2n) is 3.94. The first-order chi connectivity index (χ1) is 8.59. The highest BCUT2D eigenvalue weighted by molar-refractivity contribution is 7.80. The molecule has 6 heteroatoms. The number of para-hydroxylation sites is 1. The predicted molar refractivity (Wildman–Crippen MR) is 70.3 cm³/mol. The van der Waals surface area contributed by atoms with Crippen molar-refractivity contribution in [1.82, 2.24) is 5.32 Å². The van der Waals surface area contributed by atoms with Gasteiger partial charge in [0.05, 0.1) is 5.69 Å². The number of hydrogen-bond donors (Lipinski definition) is 2. The minimum atomic E-state index is -0.923. The molecule has 0 aromatic heterocycles. The highest BCUT2D eigenvalue weighted by Crippen LogP contribution is 2.20. The van der Waals surface area contributed by atoms with E-state index < -0.39 is 12.0 Å². The first-order valence-corrected chi connectivity index (χ1v) is 5.91. The molecule has 1 aromatic carbocycles. The van der Waals surface area contributed by atoms with E-state index in [0.29, 0.717) is 10.8 Å². The summed E-state index contributed by atoms with van der Waals surface area (Å²) in [6.07, 6.45) is 0.173. The summed E-state index contributed by atoms with van der Waals surface area (Å²) in [6, 6.07) is 8.50. The summed E-state index contributed by atoms with van der Waals surface area (Å²) in [7, 11) is 0. The zero-order valence-corrected chi connectivity index (χ0v) is 10.3. The fourth-order valence-corrected chi connectivity index (χ4v) is 2.15. The van der Waals surface area contributed by atoms with Gasteiger partial charge in [-0.25, -0.2) is 0 Å². The van der Waals surface area contributed by atoms with Gasteiger partial charge in [-0.05, 0) is 30.8 Å². The quantitative estimate of drug-likeness (QED) is 0.798. The van der Waals surface area contributed by atoms with E-state index in [1.807, 2.05) is 18.2 Å². The molecule has 0 unspecified atom stereocenters. The van der Waals surface area contributed by atoms with E-state index in [2.05, 4.69) is 5.32 Å². The molecule has 1 saturated heterocycles. The number of benzene rings is 1. The minimum absolute atomic E-state index is 0.0609. The van der Waals surface area contributed by atoms with E-state index in [0.717, 1.165) is 0 Å². The molecule has 1 fully saturated rings. The van der Waals surface area contributed by atoms with Gasteiger partial charge in [0.1, 0.15) is 6.04 Å². The Morgan fingerprint density at radius 3 is 2.67 bits per heavy atom. The number of hydrogen-bond acceptors (Lipinski definition) is 3. The van der Waals surface area contributed by atoms with Crippen molar-refractivity contribution >= 4 is 34.9 Å². The van der Waals surface area contributed by atoms with Crippen molar-refractivity contribution in [3.05, 3.63) is 30.3 Å². The van der Waals surface area contributed by atoms with Crippen LogP contribution in [0.2, 0.25) is 0 Å². The molecule has 1 aliphatic rings. The molecule has 1 aromatic rings. The van der Waals surface area contributed by atoms with Crippen LogP contribution in [0.15, 0.2) is 30.3 Å². The Hall–Kier alpha value is -1.95. The van der Waals surface area contributed by atoms with E-state index in [4.69, 9.17) is 17.3 Å². The molecule has 1 aliphatic heterocycles. The van der Waals surface area contributed by atoms with Crippen molar-refractivity contribution in [3.63, 3.8) is 0 Å². The third-order valence-corrected chi connectivity index (χ3v) is 2.98. The molecular weight excluding hydrogens is 252 g/mol. The maximum Gasteiger partial charge on any atom is 0.303 e. The lowest BCUT2D eigenvalue weighted by Crippen LogP contribution is -2.31. The molecule has 94 valence electrons. The highest BCUT2D eigenvalue weighted by Gasteiger charge is 2.36. The topological polar surface area (TPSA) is 69.6 Å². The number of carbonyl (C=O) groups is 2. The summed E-state index contributed by atoms with van der Waals surface area (Å²) in [5, 5.41) is 11.8. The Morgan fingerprint density at radius 1 is 1.39 bits per heavy atom. The van der Waals surface area contributed by atoms with E-state index in [9.17, 15) is 9.59 Å². The van der Waals surface area contributed by atoms with E-state index in [-0.39, 0.29) is 18.7 Å². The summed E-state index contributed by atoms with van der Waals surface area (Å²) in [4.78, 5) is 24.0. The molecule has 0 spiro atoms. The monoisotopic (exact) mass is 264 g/mol. The second kappa shape index (κ2) is 5.14. The molecule has 1 heterocycles. The van der Waals surface area contributed by atoms with Crippen LogP contribution >= 0.6 is 12.2 Å². The Bertz CT molecular complexity index is 489. The molecule has 1 amide bonds. The highest BCUT2D eigenvalue weighted by atomic mass is 32.1. The fourth-order valence-electron chi connectivity index (χ4n) is 1.82. The average molecular weight is 264 g/mol. The minimum Gasteiger partial charge on any atom is -0.481 e. The van der Waals surface area contributed by atoms with Crippen LogP contribution < -0.4 is 10.2 Å². The van der Waals surface area contributed by atoms with E-state index in [1.165, 1.54) is 4.90 Å². The summed E-state index contributed by atoms with van der Waals surface area (Å²) in [5.41, 5.74) is 0.692. The third kappa shape index (κ3) is 2.48. The van der Waals surface area contributed by atoms with Crippen molar-refractivity contribution in [1.29, 1.82) is 0 Å². The summed E-state index contributed by atoms with van der Waals surface area (Å²) >= 11 is 5.10. The molecule has 0 bridgehead atoms. The van der Waals surface area contributed by atoms with Crippen LogP contribution in [-0.4, -0.2) is 28.1 Å². The van der Waals surface area contributed by atoms with Crippen LogP contribution in [0.25, 0.3) is 0 Å². The molecule has 5 nitrogen and oxygen atoms in total. The Balaban J connectivity index is 2.12. The number of amides is 1. The molecule has 0 radical (unpaired) electrons. The molecule has 1 atom stereocenters. The Kier molecular flexibility index (Phi) is 3.57. The van der Waals surface area contributed by atoms with Crippen LogP contribution in [0.4, 0.5) is 5.69 Å². The molecule has 2 rings (SSSR count). The maximum absolute atomic E-state index is 12.1. The van der Waals surface area contributed by atoms with Crippen LogP contribution in [0.5, 0.6) is 0 Å². The number of carboxylic acid groups (broad SMARTS) is 1. The number of anilines is 1. The number of carbonyl (C=O) groups excluding carboxylic acids is 1. The van der Waals surface area contributed by atoms with Gasteiger partial charge in [-0.15, -0.1) is 0 Å². The standard InChI is InChI=1S/C12H12N2O3S/c15-10(16)7-6-9-11(17)14(12(18)13-9)8-4-2-1-3-5-8/h1-5,9H,6-7H2,(H,13,18)(H,15,16)/t9-/m1/s1. The smallest absolute Gasteiger partial charge is 0.303 e. The van der Waals surface area contributed by atoms with Crippen molar-refractivity contribution in [3.8, 4) is 0 Å². The van der Waals surface area contributed by atoms with Gasteiger partial charge < -0.3 is 10.4 Å². The van der Waals surface area contributed by atoms with E-state index in [1.54, 1.807) is 12.1 Å². The lowest BCUT2D eigenvalue weighted by Gasteiger charge is -2.14. The summed E-state index contributed by atoms with van der Waals surface area (Å²) in [6.45, 7) is 0. The van der Waals surface area contributed by atoms with Crippen LogP contribution in [-0.2, 0) is 9.59 Å². The molecular formula is C12H12N2O3S. The first kappa shape index (κ1) is 12.5. The average Bonchev–Trinajstić information content (AvgIpc) is 2.63. The van der Waals surface area contributed by atoms with Crippen LogP contribution in [0.1, 0.15) is 12.8 Å². The van der Waals surface area contributed by atoms with Gasteiger partial charge in [0.2, 0.25) is 0 Å². The number of thiocarbonyl (C=S) groups is 1. The van der Waals surface area contributed by atoms with Gasteiger partial charge in [0.25, 0.3) is 5.91 Å². The largest absolute Gasteiger partial charge is 0.481 e. The molecule has 2 N–H and O–H groups in total. The SMILES string of the molecule is O=C(O)CC[C@H]1NC(=S)N(c2ccccc2)C1=O. The van der Waals surface area contributed by atoms with E-state index >= 15 is 0 Å². The zero-order chi connectivity index (χ0) is 13.1. The predicted octanol–water partition coefficient (Wildman–Crippen LogP) is 1.14. The number of nitrogens with zero attached hydrogens (tertiary/aromatic N) is 1. The second-order valence-corrected chi connectivity index (χ2v) is 4.33. The van der Waals surface area contributed by atoms with Crippen molar-refractivity contribution in [2.75, 3.05) is 4.90 Å². The van der Waals surface area contributed by atoms with Gasteiger partial charge in [-0.3, -0.25) is 14.5 Å². The number of rotatable bonds is 4. The number of aliphatic carboxylic acids is 1. The number of carboxylic acids is 1. The van der Waals surface area contributed by atoms with Crippen LogP contribution in [0.3, 0.4) is 0 Å². The van der Waals surface area contributed by atoms with Crippen LogP contribution in [0, 0.1) is 0 Å². The summed E-state index contributed by atoms with van der Waals surface area (Å²) in [5.74, 6) is -1.12. The van der Waals surface area contributed by atoms with Gasteiger partial charge in [-0.2, -0.15) is 0 Å². The number of nitrogens with one attached hydrogen (secondary N) is 1. The maximum atomic E-state index is 12.1. The van der Waals surface area contributed by atoms with Gasteiger partial charge >= 0.3 is 5.97 Å². The normalized spacial score (nSPS) is 18.9. The first-order valence-electron chi connectivity index (χ1n) is 5.51. The summed E-state index contributed by atoms with van der Waals surface area (Å²) < 4.78 is 0. The van der Waals surface area contributed by atoms with Crippen molar-refractivity contribution in [2.24, 2.45) is 0 Å². The van der Waals surface area contributed by atoms with Gasteiger partial charge in [0, 0.05) is 6.42 Å².